The van der Waals surface area contributed by atoms with Gasteiger partial charge < -0.3 is 28.5 Å². The van der Waals surface area contributed by atoms with Gasteiger partial charge in [0.05, 0.1) is 15.8 Å². The summed E-state index contributed by atoms with van der Waals surface area (Å²) < 4.78 is 22.4. The molecule has 4 aromatic rings. The number of benzene rings is 3. The van der Waals surface area contributed by atoms with Gasteiger partial charge in [-0.3, -0.25) is 0 Å². The van der Waals surface area contributed by atoms with E-state index in [4.69, 9.17) is 4.74 Å². The van der Waals surface area contributed by atoms with Gasteiger partial charge in [0.15, 0.2) is 0 Å². The number of fused-ring (bicyclic) bond motifs is 1. The molecule has 0 bridgehead atoms. The molecule has 0 atom stereocenters. The average Bonchev–Trinajstić information content (AvgIpc) is 3.31. The summed E-state index contributed by atoms with van der Waals surface area (Å²) in [6.07, 6.45) is 1.77. The molecular formula is C27H24N3Na2O5PS. The van der Waals surface area contributed by atoms with Crippen molar-refractivity contribution in [2.45, 2.75) is 20.5 Å². The second-order valence-corrected chi connectivity index (χ2v) is 10.1. The fraction of sp³-hybridized carbons (Fsp3) is 0.185. The van der Waals surface area contributed by atoms with Crippen molar-refractivity contribution < 1.29 is 82.7 Å². The first-order chi connectivity index (χ1) is 17.8. The number of thiazole rings is 1. The van der Waals surface area contributed by atoms with Crippen molar-refractivity contribution in [2.24, 2.45) is 0 Å². The van der Waals surface area contributed by atoms with E-state index in [1.54, 1.807) is 18.2 Å². The molecule has 0 amide bonds. The first-order valence-electron chi connectivity index (χ1n) is 11.6. The quantitative estimate of drug-likeness (QED) is 0.133. The molecule has 190 valence electrons. The van der Waals surface area contributed by atoms with Crippen LogP contribution in [-0.4, -0.2) is 18.1 Å². The van der Waals surface area contributed by atoms with E-state index < -0.39 is 7.82 Å². The number of phosphoric ester groups is 1. The molecule has 0 aliphatic rings. The molecule has 0 radical (unpaired) electrons. The van der Waals surface area contributed by atoms with Gasteiger partial charge in [-0.1, -0.05) is 24.3 Å². The summed E-state index contributed by atoms with van der Waals surface area (Å²) >= 11 is 1.46. The predicted octanol–water partition coefficient (Wildman–Crippen LogP) is -0.999. The number of phosphoric acid groups is 1. The van der Waals surface area contributed by atoms with Gasteiger partial charge in [-0.15, -0.1) is 11.3 Å². The van der Waals surface area contributed by atoms with E-state index in [0.29, 0.717) is 16.3 Å². The molecule has 12 heteroatoms. The van der Waals surface area contributed by atoms with Gasteiger partial charge in [-0.2, -0.15) is 5.26 Å². The number of anilines is 1. The summed E-state index contributed by atoms with van der Waals surface area (Å²) in [6.45, 7) is 5.98. The average molecular weight is 580 g/mol. The second kappa shape index (κ2) is 15.4. The third kappa shape index (κ3) is 9.17. The number of nitrogens with zero attached hydrogens (tertiary/aromatic N) is 3. The molecule has 0 saturated carbocycles. The van der Waals surface area contributed by atoms with Crippen LogP contribution in [0.3, 0.4) is 0 Å². The molecule has 0 spiro atoms. The van der Waals surface area contributed by atoms with Crippen molar-refractivity contribution in [1.82, 2.24) is 4.98 Å². The Labute approximate surface area is 276 Å². The Bertz CT molecular complexity index is 1480. The fourth-order valence-electron chi connectivity index (χ4n) is 3.77. The zero-order valence-corrected chi connectivity index (χ0v) is 28.0. The Morgan fingerprint density at radius 2 is 1.77 bits per heavy atom. The van der Waals surface area contributed by atoms with Crippen molar-refractivity contribution >= 4 is 46.7 Å². The molecular weight excluding hydrogens is 555 g/mol. The molecule has 0 N–H and O–H groups in total. The van der Waals surface area contributed by atoms with Gasteiger partial charge in [-0.05, 0) is 61.9 Å². The van der Waals surface area contributed by atoms with Crippen LogP contribution in [0.4, 0.5) is 5.69 Å². The Hall–Kier alpha value is -1.67. The van der Waals surface area contributed by atoms with Crippen molar-refractivity contribution in [3.8, 4) is 17.6 Å². The summed E-state index contributed by atoms with van der Waals surface area (Å²) in [6, 6.07) is 21.9. The second-order valence-electron chi connectivity index (χ2n) is 8.02. The molecule has 39 heavy (non-hydrogen) atoms. The summed E-state index contributed by atoms with van der Waals surface area (Å²) in [5.74, 6) is 0.529. The standard InChI is InChI=1S/C27H26N3O5PS.2Na/c1-3-30(4-2)22-12-11-20(15-21(17-28)27-29-24-7-5-6-8-26(24)37-27)25(16-22)34-18-19-9-13-23(14-10-19)35-36(31,32)33;;/h5-16H,3-4,18H2,1-2H3,(H2,31,32,33);;/q;2*+1/p-2/b21-15+;;. The normalized spacial score (nSPS) is 11.2. The van der Waals surface area contributed by atoms with E-state index in [-0.39, 0.29) is 71.5 Å². The zero-order chi connectivity index (χ0) is 26.4. The van der Waals surface area contributed by atoms with Crippen LogP contribution in [0.5, 0.6) is 11.5 Å². The Morgan fingerprint density at radius 3 is 2.38 bits per heavy atom. The summed E-state index contributed by atoms with van der Waals surface area (Å²) in [7, 11) is -5.12. The first-order valence-corrected chi connectivity index (χ1v) is 13.9. The molecule has 1 heterocycles. The van der Waals surface area contributed by atoms with E-state index in [0.717, 1.165) is 40.1 Å². The van der Waals surface area contributed by atoms with E-state index in [2.05, 4.69) is 34.3 Å². The van der Waals surface area contributed by atoms with Crippen LogP contribution >= 0.6 is 19.2 Å². The van der Waals surface area contributed by atoms with Crippen molar-refractivity contribution in [2.75, 3.05) is 18.0 Å². The summed E-state index contributed by atoms with van der Waals surface area (Å²) in [5.41, 5.74) is 3.73. The van der Waals surface area contributed by atoms with Gasteiger partial charge in [-0.25, -0.2) is 4.98 Å². The van der Waals surface area contributed by atoms with Crippen molar-refractivity contribution in [1.29, 1.82) is 5.26 Å². The SMILES string of the molecule is CCN(CC)c1ccc(/C=C(\C#N)c2nc3ccccc3s2)c(OCc2ccc(OP(=O)([O-])[O-])cc2)c1.[Na+].[Na+]. The number of aromatic nitrogens is 1. The Kier molecular flexibility index (Phi) is 13.2. The summed E-state index contributed by atoms with van der Waals surface area (Å²) in [5, 5.41) is 10.5. The van der Waals surface area contributed by atoms with Gasteiger partial charge in [0.1, 0.15) is 37.0 Å². The van der Waals surface area contributed by atoms with Crippen molar-refractivity contribution in [3.05, 3.63) is 82.9 Å². The maximum Gasteiger partial charge on any atom is 1.00 e. The maximum absolute atomic E-state index is 10.8. The minimum absolute atomic E-state index is 0. The van der Waals surface area contributed by atoms with Gasteiger partial charge in [0, 0.05) is 30.4 Å². The fourth-order valence-corrected chi connectivity index (χ4v) is 5.09. The Morgan fingerprint density at radius 1 is 1.08 bits per heavy atom. The van der Waals surface area contributed by atoms with E-state index in [9.17, 15) is 19.6 Å². The van der Waals surface area contributed by atoms with Crippen LogP contribution in [0, 0.1) is 11.3 Å². The van der Waals surface area contributed by atoms with E-state index in [1.807, 2.05) is 42.5 Å². The number of hydrogen-bond donors (Lipinski definition) is 0. The zero-order valence-electron chi connectivity index (χ0n) is 22.3. The maximum atomic E-state index is 10.8. The van der Waals surface area contributed by atoms with Gasteiger partial charge in [0.25, 0.3) is 0 Å². The first kappa shape index (κ1) is 33.5. The number of para-hydroxylation sites is 1. The van der Waals surface area contributed by atoms with E-state index in [1.165, 1.54) is 23.5 Å². The molecule has 0 saturated heterocycles. The van der Waals surface area contributed by atoms with Crippen LogP contribution in [0.2, 0.25) is 0 Å². The van der Waals surface area contributed by atoms with Crippen LogP contribution in [-0.2, 0) is 11.2 Å². The molecule has 1 aromatic heterocycles. The minimum atomic E-state index is -5.12. The topological polar surface area (TPSA) is 122 Å². The smallest absolute Gasteiger partial charge is 0.780 e. The number of allylic oxidation sites excluding steroid dienone is 1. The molecule has 0 unspecified atom stereocenters. The number of nitriles is 1. The minimum Gasteiger partial charge on any atom is -0.780 e. The summed E-state index contributed by atoms with van der Waals surface area (Å²) in [4.78, 5) is 28.5. The molecule has 0 aliphatic heterocycles. The molecule has 0 fully saturated rings. The number of ether oxygens (including phenoxy) is 1. The van der Waals surface area contributed by atoms with E-state index >= 15 is 0 Å². The van der Waals surface area contributed by atoms with Crippen LogP contribution in [0.25, 0.3) is 21.9 Å². The largest absolute Gasteiger partial charge is 1.00 e. The molecule has 4 rings (SSSR count). The third-order valence-electron chi connectivity index (χ3n) is 5.61. The van der Waals surface area contributed by atoms with Gasteiger partial charge in [0.2, 0.25) is 0 Å². The third-order valence-corrected chi connectivity index (χ3v) is 7.11. The molecule has 8 nitrogen and oxygen atoms in total. The van der Waals surface area contributed by atoms with Crippen LogP contribution in [0.15, 0.2) is 66.7 Å². The predicted molar refractivity (Wildman–Crippen MR) is 142 cm³/mol. The molecule has 3 aromatic carbocycles. The monoisotopic (exact) mass is 579 g/mol. The van der Waals surface area contributed by atoms with Gasteiger partial charge >= 0.3 is 59.1 Å². The Balaban J connectivity index is 0.00000267. The molecule has 0 aliphatic carbocycles. The van der Waals surface area contributed by atoms with Crippen LogP contribution in [0.1, 0.15) is 30.0 Å². The number of hydrogen-bond acceptors (Lipinski definition) is 9. The number of rotatable bonds is 10. The van der Waals surface area contributed by atoms with Crippen LogP contribution < -0.4 is 83.1 Å². The van der Waals surface area contributed by atoms with Crippen molar-refractivity contribution in [3.63, 3.8) is 0 Å².